The molecule has 1 heterocycles. The Morgan fingerprint density at radius 3 is 1.61 bits per heavy atom. The van der Waals surface area contributed by atoms with Crippen LogP contribution in [0.3, 0.4) is 0 Å². The van der Waals surface area contributed by atoms with E-state index in [-0.39, 0.29) is 5.41 Å². The van der Waals surface area contributed by atoms with E-state index in [0.29, 0.717) is 0 Å². The Morgan fingerprint density at radius 2 is 0.860 bits per heavy atom. The fourth-order valence-electron chi connectivity index (χ4n) is 9.11. The highest BCUT2D eigenvalue weighted by atomic mass is 16.5. The number of hydrogen-bond donors (Lipinski definition) is 0. The highest BCUT2D eigenvalue weighted by Crippen LogP contribution is 2.53. The fraction of sp³-hybridized carbons (Fsp3) is 0.0545. The molecule has 9 aromatic carbocycles. The van der Waals surface area contributed by atoms with Crippen molar-refractivity contribution in [2.75, 3.05) is 4.90 Å². The van der Waals surface area contributed by atoms with E-state index < -0.39 is 0 Å². The Balaban J connectivity index is 1.11. The Hall–Kier alpha value is -7.16. The zero-order valence-corrected chi connectivity index (χ0v) is 31.9. The Labute approximate surface area is 333 Å². The van der Waals surface area contributed by atoms with Crippen LogP contribution in [0.15, 0.2) is 200 Å². The van der Waals surface area contributed by atoms with Crippen LogP contribution in [0.2, 0.25) is 0 Å². The molecule has 0 atom stereocenters. The van der Waals surface area contributed by atoms with Crippen LogP contribution in [0.5, 0.6) is 11.5 Å². The second-order valence-electron chi connectivity index (χ2n) is 15.8. The number of nitrogens with zero attached hydrogens (tertiary/aromatic N) is 1. The second kappa shape index (κ2) is 13.0. The maximum atomic E-state index is 7.10. The fourth-order valence-corrected chi connectivity index (χ4v) is 9.11. The van der Waals surface area contributed by atoms with E-state index in [1.165, 1.54) is 49.9 Å². The molecule has 0 saturated carbocycles. The summed E-state index contributed by atoms with van der Waals surface area (Å²) >= 11 is 0. The average molecular weight is 730 g/mol. The molecule has 0 spiro atoms. The van der Waals surface area contributed by atoms with Gasteiger partial charge in [-0.25, -0.2) is 0 Å². The van der Waals surface area contributed by atoms with Gasteiger partial charge in [0, 0.05) is 39.7 Å². The number of anilines is 3. The minimum atomic E-state index is -0.131. The molecule has 2 nitrogen and oxygen atoms in total. The highest BCUT2D eigenvalue weighted by molar-refractivity contribution is 5.99. The van der Waals surface area contributed by atoms with Crippen LogP contribution < -0.4 is 9.64 Å². The van der Waals surface area contributed by atoms with Crippen LogP contribution >= 0.6 is 0 Å². The molecular formula is C55H39NO. The third-order valence-corrected chi connectivity index (χ3v) is 12.1. The number of ether oxygens (including phenoxy) is 1. The molecule has 0 fully saturated rings. The number of rotatable bonds is 5. The van der Waals surface area contributed by atoms with Crippen molar-refractivity contribution >= 4 is 27.8 Å². The van der Waals surface area contributed by atoms with Gasteiger partial charge in [0.2, 0.25) is 0 Å². The monoisotopic (exact) mass is 729 g/mol. The maximum Gasteiger partial charge on any atom is 0.137 e. The van der Waals surface area contributed by atoms with Gasteiger partial charge in [-0.2, -0.15) is 0 Å². The van der Waals surface area contributed by atoms with Crippen LogP contribution in [0.25, 0.3) is 66.4 Å². The first-order valence-corrected chi connectivity index (χ1v) is 19.7. The molecule has 0 saturated heterocycles. The summed E-state index contributed by atoms with van der Waals surface area (Å²) < 4.78 is 7.10. The van der Waals surface area contributed by atoms with Crippen molar-refractivity contribution < 1.29 is 4.74 Å². The molecule has 2 aliphatic rings. The van der Waals surface area contributed by atoms with Crippen molar-refractivity contribution in [2.24, 2.45) is 0 Å². The van der Waals surface area contributed by atoms with Crippen LogP contribution in [0.1, 0.15) is 25.0 Å². The molecule has 57 heavy (non-hydrogen) atoms. The van der Waals surface area contributed by atoms with Gasteiger partial charge in [0.1, 0.15) is 11.5 Å². The zero-order valence-electron chi connectivity index (χ0n) is 31.9. The van der Waals surface area contributed by atoms with E-state index in [1.807, 2.05) is 0 Å². The first-order valence-electron chi connectivity index (χ1n) is 19.7. The molecule has 0 N–H and O–H groups in total. The number of fused-ring (bicyclic) bond motifs is 9. The van der Waals surface area contributed by atoms with E-state index in [4.69, 9.17) is 4.74 Å². The number of benzene rings is 9. The van der Waals surface area contributed by atoms with E-state index in [9.17, 15) is 0 Å². The minimum absolute atomic E-state index is 0.131. The molecule has 2 heteroatoms. The normalized spacial score (nSPS) is 13.0. The van der Waals surface area contributed by atoms with Gasteiger partial charge >= 0.3 is 0 Å². The second-order valence-corrected chi connectivity index (χ2v) is 15.8. The summed E-state index contributed by atoms with van der Waals surface area (Å²) in [4.78, 5) is 2.38. The lowest BCUT2D eigenvalue weighted by Crippen LogP contribution is -2.16. The molecule has 0 unspecified atom stereocenters. The first kappa shape index (κ1) is 33.2. The summed E-state index contributed by atoms with van der Waals surface area (Å²) in [5, 5.41) is 2.34. The zero-order chi connectivity index (χ0) is 38.1. The highest BCUT2D eigenvalue weighted by Gasteiger charge is 2.36. The summed E-state index contributed by atoms with van der Waals surface area (Å²) in [5.74, 6) is 1.68. The number of hydrogen-bond acceptors (Lipinski definition) is 2. The smallest absolute Gasteiger partial charge is 0.137 e. The lowest BCUT2D eigenvalue weighted by atomic mass is 9.82. The van der Waals surface area contributed by atoms with E-state index >= 15 is 0 Å². The molecule has 270 valence electrons. The summed E-state index contributed by atoms with van der Waals surface area (Å²) in [6.45, 7) is 4.69. The van der Waals surface area contributed by atoms with Gasteiger partial charge in [0.15, 0.2) is 0 Å². The lowest BCUT2D eigenvalue weighted by Gasteiger charge is -2.29. The van der Waals surface area contributed by atoms with Crippen LogP contribution in [0.4, 0.5) is 17.1 Å². The van der Waals surface area contributed by atoms with Gasteiger partial charge in [-0.15, -0.1) is 0 Å². The van der Waals surface area contributed by atoms with Gasteiger partial charge in [0.05, 0.1) is 0 Å². The van der Waals surface area contributed by atoms with Crippen LogP contribution in [0, 0.1) is 0 Å². The van der Waals surface area contributed by atoms with Crippen molar-refractivity contribution in [2.45, 2.75) is 19.3 Å². The molecule has 0 bridgehead atoms. The van der Waals surface area contributed by atoms with Crippen molar-refractivity contribution in [3.63, 3.8) is 0 Å². The SMILES string of the molecule is CC1(C)c2ccccc2-c2ccc(N(c3ccc(-c4ccccc4)cc3)c3ccc4c(c3)Oc3cc5ccccc5cc3-c3ccc(-c5ccccc5)cc3-4)cc21. The topological polar surface area (TPSA) is 12.5 Å². The third-order valence-electron chi connectivity index (χ3n) is 12.1. The van der Waals surface area contributed by atoms with E-state index in [1.54, 1.807) is 0 Å². The van der Waals surface area contributed by atoms with Crippen LogP contribution in [-0.2, 0) is 5.41 Å². The molecule has 9 aromatic rings. The van der Waals surface area contributed by atoms with Gasteiger partial charge < -0.3 is 9.64 Å². The molecular weight excluding hydrogens is 691 g/mol. The predicted molar refractivity (Wildman–Crippen MR) is 238 cm³/mol. The average Bonchev–Trinajstić information content (AvgIpc) is 3.40. The Morgan fingerprint density at radius 1 is 0.333 bits per heavy atom. The van der Waals surface area contributed by atoms with Crippen molar-refractivity contribution in [3.8, 4) is 67.1 Å². The summed E-state index contributed by atoms with van der Waals surface area (Å²) in [5.41, 5.74) is 17.6. The lowest BCUT2D eigenvalue weighted by molar-refractivity contribution is 0.488. The summed E-state index contributed by atoms with van der Waals surface area (Å²) in [6, 6.07) is 72.6. The van der Waals surface area contributed by atoms with Crippen molar-refractivity contribution in [1.29, 1.82) is 0 Å². The summed E-state index contributed by atoms with van der Waals surface area (Å²) in [6.07, 6.45) is 0. The van der Waals surface area contributed by atoms with Gasteiger partial charge in [-0.05, 0) is 121 Å². The van der Waals surface area contributed by atoms with Gasteiger partial charge in [0.25, 0.3) is 0 Å². The molecule has 0 aromatic heterocycles. The van der Waals surface area contributed by atoms with Crippen molar-refractivity contribution in [1.82, 2.24) is 0 Å². The largest absolute Gasteiger partial charge is 0.456 e. The standard InChI is InChI=1S/C55H39NO/c1-55(2)51-20-12-11-19-46(51)47-29-26-43(34-52(47)55)56(42-24-21-38(22-25-42)36-13-5-3-6-14-36)44-27-30-48-49-31-41(37-15-7-4-8-16-37)23-28-45(49)50-32-39-17-9-10-18-40(39)33-53(50)57-54(48)35-44/h3-35H,1-2H3. The molecule has 0 amide bonds. The van der Waals surface area contributed by atoms with Crippen molar-refractivity contribution in [3.05, 3.63) is 211 Å². The van der Waals surface area contributed by atoms with Crippen LogP contribution in [-0.4, -0.2) is 0 Å². The molecule has 0 radical (unpaired) electrons. The predicted octanol–water partition coefficient (Wildman–Crippen LogP) is 15.4. The molecule has 1 aliphatic carbocycles. The summed E-state index contributed by atoms with van der Waals surface area (Å²) in [7, 11) is 0. The van der Waals surface area contributed by atoms with E-state index in [2.05, 4.69) is 219 Å². The molecule has 11 rings (SSSR count). The van der Waals surface area contributed by atoms with Gasteiger partial charge in [-0.3, -0.25) is 0 Å². The quantitative estimate of drug-likeness (QED) is 0.175. The Bertz CT molecular complexity index is 3000. The third kappa shape index (κ3) is 5.48. The van der Waals surface area contributed by atoms with Gasteiger partial charge in [-0.1, -0.05) is 153 Å². The Kier molecular flexibility index (Phi) is 7.55. The maximum absolute atomic E-state index is 7.10. The first-order chi connectivity index (χ1) is 28.0. The molecule has 1 aliphatic heterocycles. The minimum Gasteiger partial charge on any atom is -0.456 e. The van der Waals surface area contributed by atoms with E-state index in [0.717, 1.165) is 56.2 Å².